The summed E-state index contributed by atoms with van der Waals surface area (Å²) < 4.78 is 10.6. The van der Waals surface area contributed by atoms with Gasteiger partial charge in [0.1, 0.15) is 11.4 Å². The lowest BCUT2D eigenvalue weighted by Gasteiger charge is -2.13. The molecule has 7 heteroatoms. The van der Waals surface area contributed by atoms with Crippen molar-refractivity contribution in [2.24, 2.45) is 0 Å². The first kappa shape index (κ1) is 19.7. The maximum absolute atomic E-state index is 12.5. The minimum atomic E-state index is -0.463. The lowest BCUT2D eigenvalue weighted by atomic mass is 10.2. The molecular formula is C19H21ClN2O4. The van der Waals surface area contributed by atoms with Gasteiger partial charge in [0.15, 0.2) is 0 Å². The van der Waals surface area contributed by atoms with Crippen LogP contribution in [-0.2, 0) is 4.74 Å². The van der Waals surface area contributed by atoms with Gasteiger partial charge < -0.3 is 14.8 Å². The number of pyridine rings is 1. The van der Waals surface area contributed by atoms with Crippen molar-refractivity contribution in [3.05, 3.63) is 52.3 Å². The molecule has 0 atom stereocenters. The van der Waals surface area contributed by atoms with E-state index in [1.807, 2.05) is 6.92 Å². The monoisotopic (exact) mass is 376 g/mol. The van der Waals surface area contributed by atoms with Gasteiger partial charge >= 0.3 is 5.97 Å². The minimum Gasteiger partial charge on any atom is -0.491 e. The molecular weight excluding hydrogens is 356 g/mol. The Morgan fingerprint density at radius 1 is 1.19 bits per heavy atom. The third kappa shape index (κ3) is 4.95. The number of halogens is 1. The number of rotatable bonds is 7. The Kier molecular flexibility index (Phi) is 6.97. The van der Waals surface area contributed by atoms with Gasteiger partial charge in [-0.05, 0) is 50.6 Å². The fourth-order valence-electron chi connectivity index (χ4n) is 2.24. The van der Waals surface area contributed by atoms with Crippen LogP contribution in [0.1, 0.15) is 46.8 Å². The summed E-state index contributed by atoms with van der Waals surface area (Å²) in [6.07, 6.45) is 0.839. The second-order valence-electron chi connectivity index (χ2n) is 5.49. The summed E-state index contributed by atoms with van der Waals surface area (Å²) in [6.45, 7) is 6.17. The van der Waals surface area contributed by atoms with Gasteiger partial charge in [0.05, 0.1) is 30.2 Å². The third-order valence-electron chi connectivity index (χ3n) is 3.47. The van der Waals surface area contributed by atoms with Crippen LogP contribution in [0.3, 0.4) is 0 Å². The Morgan fingerprint density at radius 2 is 1.96 bits per heavy atom. The molecule has 1 heterocycles. The first-order valence-electron chi connectivity index (χ1n) is 8.34. The van der Waals surface area contributed by atoms with Crippen LogP contribution in [0, 0.1) is 6.92 Å². The maximum atomic E-state index is 12.5. The Balaban J connectivity index is 2.21. The number of benzene rings is 1. The number of carbonyl (C=O) groups excluding carboxylic acids is 2. The van der Waals surface area contributed by atoms with Gasteiger partial charge in [0, 0.05) is 5.02 Å². The predicted molar refractivity (Wildman–Crippen MR) is 100 cm³/mol. The molecule has 6 nitrogen and oxygen atoms in total. The molecule has 26 heavy (non-hydrogen) atoms. The largest absolute Gasteiger partial charge is 0.491 e. The molecule has 0 aliphatic heterocycles. The number of carbonyl (C=O) groups is 2. The highest BCUT2D eigenvalue weighted by Gasteiger charge is 2.16. The lowest BCUT2D eigenvalue weighted by Crippen LogP contribution is -2.17. The molecule has 2 rings (SSSR count). The van der Waals surface area contributed by atoms with Crippen LogP contribution >= 0.6 is 11.6 Å². The van der Waals surface area contributed by atoms with Gasteiger partial charge in [-0.3, -0.25) is 4.79 Å². The zero-order chi connectivity index (χ0) is 19.1. The number of aryl methyl sites for hydroxylation is 1. The first-order valence-corrected chi connectivity index (χ1v) is 8.72. The number of anilines is 1. The van der Waals surface area contributed by atoms with Crippen LogP contribution in [0.25, 0.3) is 0 Å². The zero-order valence-corrected chi connectivity index (χ0v) is 15.7. The van der Waals surface area contributed by atoms with Crippen molar-refractivity contribution >= 4 is 29.2 Å². The second-order valence-corrected chi connectivity index (χ2v) is 5.93. The summed E-state index contributed by atoms with van der Waals surface area (Å²) in [6, 6.07) is 8.02. The molecule has 0 bridgehead atoms. The van der Waals surface area contributed by atoms with Crippen LogP contribution in [0.2, 0.25) is 5.02 Å². The molecule has 1 aromatic heterocycles. The maximum Gasteiger partial charge on any atom is 0.339 e. The van der Waals surface area contributed by atoms with Crippen LogP contribution < -0.4 is 10.1 Å². The lowest BCUT2D eigenvalue weighted by molar-refractivity contribution is 0.0524. The average molecular weight is 377 g/mol. The Hall–Kier alpha value is -2.60. The van der Waals surface area contributed by atoms with Crippen molar-refractivity contribution < 1.29 is 19.1 Å². The molecule has 2 aromatic rings. The van der Waals surface area contributed by atoms with Gasteiger partial charge in [0.2, 0.25) is 0 Å². The van der Waals surface area contributed by atoms with Gasteiger partial charge in [0.25, 0.3) is 5.91 Å². The van der Waals surface area contributed by atoms with Crippen molar-refractivity contribution in [3.8, 4) is 5.75 Å². The van der Waals surface area contributed by atoms with E-state index in [2.05, 4.69) is 10.3 Å². The van der Waals surface area contributed by atoms with E-state index in [0.717, 1.165) is 6.42 Å². The second kappa shape index (κ2) is 9.20. The van der Waals surface area contributed by atoms with E-state index in [1.54, 1.807) is 32.0 Å². The fraction of sp³-hybridized carbons (Fsp3) is 0.316. The highest BCUT2D eigenvalue weighted by atomic mass is 35.5. The van der Waals surface area contributed by atoms with E-state index in [9.17, 15) is 9.59 Å². The topological polar surface area (TPSA) is 77.5 Å². The fourth-order valence-corrected chi connectivity index (χ4v) is 2.41. The van der Waals surface area contributed by atoms with Crippen molar-refractivity contribution in [3.63, 3.8) is 0 Å². The molecule has 0 aliphatic carbocycles. The van der Waals surface area contributed by atoms with Gasteiger partial charge in [-0.15, -0.1) is 0 Å². The SMILES string of the molecule is CCCOc1ccc(Cl)cc1NC(=O)c1ccc(C(=O)OCC)c(C)n1. The average Bonchev–Trinajstić information content (AvgIpc) is 2.61. The molecule has 1 aromatic carbocycles. The molecule has 0 spiro atoms. The van der Waals surface area contributed by atoms with E-state index in [-0.39, 0.29) is 12.3 Å². The number of nitrogens with one attached hydrogen (secondary N) is 1. The molecule has 0 unspecified atom stereocenters. The number of ether oxygens (including phenoxy) is 2. The first-order chi connectivity index (χ1) is 12.5. The summed E-state index contributed by atoms with van der Waals surface area (Å²) in [7, 11) is 0. The van der Waals surface area contributed by atoms with Crippen LogP contribution in [-0.4, -0.2) is 30.1 Å². The van der Waals surface area contributed by atoms with E-state index < -0.39 is 11.9 Å². The van der Waals surface area contributed by atoms with Gasteiger partial charge in [-0.25, -0.2) is 9.78 Å². The standard InChI is InChI=1S/C19H21ClN2O4/c1-4-10-26-17-9-6-13(20)11-16(17)22-18(23)15-8-7-14(12(3)21-15)19(24)25-5-2/h6-9,11H,4-5,10H2,1-3H3,(H,22,23). The zero-order valence-electron chi connectivity index (χ0n) is 15.0. The number of amides is 1. The predicted octanol–water partition coefficient (Wildman–Crippen LogP) is 4.26. The van der Waals surface area contributed by atoms with Crippen LogP contribution in [0.5, 0.6) is 5.75 Å². The third-order valence-corrected chi connectivity index (χ3v) is 3.70. The summed E-state index contributed by atoms with van der Waals surface area (Å²) in [4.78, 5) is 28.5. The molecule has 1 N–H and O–H groups in total. The van der Waals surface area contributed by atoms with E-state index in [0.29, 0.717) is 34.3 Å². The number of esters is 1. The molecule has 138 valence electrons. The van der Waals surface area contributed by atoms with E-state index >= 15 is 0 Å². The van der Waals surface area contributed by atoms with Crippen molar-refractivity contribution in [1.82, 2.24) is 4.98 Å². The van der Waals surface area contributed by atoms with Crippen molar-refractivity contribution in [1.29, 1.82) is 0 Å². The highest BCUT2D eigenvalue weighted by molar-refractivity contribution is 6.31. The summed E-state index contributed by atoms with van der Waals surface area (Å²) in [5, 5.41) is 3.23. The Bertz CT molecular complexity index is 808. The van der Waals surface area contributed by atoms with Crippen molar-refractivity contribution in [2.45, 2.75) is 27.2 Å². The normalized spacial score (nSPS) is 10.3. The van der Waals surface area contributed by atoms with Gasteiger partial charge in [-0.2, -0.15) is 0 Å². The minimum absolute atomic E-state index is 0.178. The van der Waals surface area contributed by atoms with Crippen LogP contribution in [0.4, 0.5) is 5.69 Å². The number of hydrogen-bond donors (Lipinski definition) is 1. The quantitative estimate of drug-likeness (QED) is 0.730. The number of nitrogens with zero attached hydrogens (tertiary/aromatic N) is 1. The molecule has 0 saturated carbocycles. The van der Waals surface area contributed by atoms with E-state index in [4.69, 9.17) is 21.1 Å². The Labute approximate surface area is 157 Å². The number of hydrogen-bond acceptors (Lipinski definition) is 5. The molecule has 0 radical (unpaired) electrons. The molecule has 0 saturated heterocycles. The van der Waals surface area contributed by atoms with Crippen molar-refractivity contribution in [2.75, 3.05) is 18.5 Å². The molecule has 1 amide bonds. The summed E-state index contributed by atoms with van der Waals surface area (Å²) >= 11 is 6.02. The summed E-state index contributed by atoms with van der Waals surface area (Å²) in [5.41, 5.74) is 1.39. The van der Waals surface area contributed by atoms with Crippen LogP contribution in [0.15, 0.2) is 30.3 Å². The smallest absolute Gasteiger partial charge is 0.339 e. The van der Waals surface area contributed by atoms with E-state index in [1.165, 1.54) is 12.1 Å². The highest BCUT2D eigenvalue weighted by Crippen LogP contribution is 2.28. The summed E-state index contributed by atoms with van der Waals surface area (Å²) in [5.74, 6) is -0.355. The molecule has 0 aliphatic rings. The number of aromatic nitrogens is 1. The Morgan fingerprint density at radius 3 is 2.62 bits per heavy atom. The molecule has 0 fully saturated rings. The van der Waals surface area contributed by atoms with Gasteiger partial charge in [-0.1, -0.05) is 18.5 Å².